The summed E-state index contributed by atoms with van der Waals surface area (Å²) in [5.41, 5.74) is 5.45. The first-order valence-electron chi connectivity index (χ1n) is 10.2. The standard InChI is InChI=1S/C19H32N2O10S3.Na/c1-6-31-18(32)33-13(16(24)25)9-12(15(23)21-19(3,4)34(27,28)29)8-11(14(20)22)7-10(2)17(26)30-5;/h10-13H,6-9H2,1-5H3,(H2,20,22)(H,21,23)(H,24,25)(H,27,28,29);/q;+1/p-1. The van der Waals surface area contributed by atoms with Crippen LogP contribution in [0, 0.1) is 17.8 Å². The minimum absolute atomic E-state index is 0. The first-order valence-corrected chi connectivity index (χ1v) is 12.9. The molecule has 16 heteroatoms. The molecule has 0 heterocycles. The molecule has 0 spiro atoms. The van der Waals surface area contributed by atoms with Crippen molar-refractivity contribution in [2.24, 2.45) is 23.5 Å². The van der Waals surface area contributed by atoms with E-state index in [1.807, 2.05) is 0 Å². The molecule has 0 aromatic heterocycles. The Hall–Kier alpha value is -0.970. The fourth-order valence-electron chi connectivity index (χ4n) is 2.89. The maximum atomic E-state index is 13.0. The predicted molar refractivity (Wildman–Crippen MR) is 126 cm³/mol. The van der Waals surface area contributed by atoms with Gasteiger partial charge in [0.2, 0.25) is 16.2 Å². The molecule has 0 rings (SSSR count). The Kier molecular flexibility index (Phi) is 16.5. The summed E-state index contributed by atoms with van der Waals surface area (Å²) in [5, 5.41) is 12.4. The normalized spacial score (nSPS) is 14.9. The Morgan fingerprint density at radius 3 is 2.11 bits per heavy atom. The number of amides is 2. The van der Waals surface area contributed by atoms with Gasteiger partial charge in [0.25, 0.3) is 10.1 Å². The van der Waals surface area contributed by atoms with Crippen molar-refractivity contribution in [2.75, 3.05) is 13.7 Å². The fourth-order valence-corrected chi connectivity index (χ4v) is 4.43. The van der Waals surface area contributed by atoms with Crippen molar-refractivity contribution in [3.05, 3.63) is 0 Å². The van der Waals surface area contributed by atoms with Crippen molar-refractivity contribution in [3.8, 4) is 0 Å². The number of methoxy groups -OCH3 is 1. The number of carboxylic acids is 1. The molecular weight excluding hydrogens is 535 g/mol. The zero-order valence-corrected chi connectivity index (χ0v) is 25.0. The average Bonchev–Trinajstić information content (AvgIpc) is 2.69. The SMILES string of the molecule is CCOC(=S)SC(CC(CC(CC(C)C(=O)OC)C(N)=O)C(=O)NC(C)(C)S(=O)(=O)O)C(=O)[O-].[Na+]. The number of carbonyl (C=O) groups is 4. The van der Waals surface area contributed by atoms with Crippen molar-refractivity contribution in [3.63, 3.8) is 0 Å². The van der Waals surface area contributed by atoms with Crippen molar-refractivity contribution in [2.45, 2.75) is 57.1 Å². The van der Waals surface area contributed by atoms with E-state index >= 15 is 0 Å². The van der Waals surface area contributed by atoms with E-state index in [-0.39, 0.29) is 53.4 Å². The van der Waals surface area contributed by atoms with E-state index in [2.05, 4.69) is 10.1 Å². The van der Waals surface area contributed by atoms with Gasteiger partial charge in [-0.05, 0) is 52.3 Å². The molecule has 35 heavy (non-hydrogen) atoms. The van der Waals surface area contributed by atoms with Gasteiger partial charge in [0.05, 0.1) is 30.9 Å². The van der Waals surface area contributed by atoms with Gasteiger partial charge in [-0.2, -0.15) is 8.42 Å². The third-order valence-electron chi connectivity index (χ3n) is 4.92. The van der Waals surface area contributed by atoms with Crippen LogP contribution >= 0.6 is 24.0 Å². The van der Waals surface area contributed by atoms with Crippen LogP contribution < -0.4 is 45.7 Å². The summed E-state index contributed by atoms with van der Waals surface area (Å²) in [5.74, 6) is -7.13. The minimum Gasteiger partial charge on any atom is -0.549 e. The van der Waals surface area contributed by atoms with Gasteiger partial charge in [-0.15, -0.1) is 0 Å². The van der Waals surface area contributed by atoms with Crippen LogP contribution in [0.4, 0.5) is 0 Å². The van der Waals surface area contributed by atoms with E-state index in [9.17, 15) is 37.3 Å². The molecule has 0 bridgehead atoms. The van der Waals surface area contributed by atoms with Crippen LogP contribution in [0.3, 0.4) is 0 Å². The van der Waals surface area contributed by atoms with Crippen molar-refractivity contribution >= 4 is 62.2 Å². The molecule has 2 amide bonds. The molecule has 196 valence electrons. The summed E-state index contributed by atoms with van der Waals surface area (Å²) >= 11 is 5.56. The summed E-state index contributed by atoms with van der Waals surface area (Å²) in [7, 11) is -3.58. The van der Waals surface area contributed by atoms with Gasteiger partial charge in [-0.25, -0.2) is 0 Å². The zero-order valence-electron chi connectivity index (χ0n) is 20.6. The quantitative estimate of drug-likeness (QED) is 0.0815. The summed E-state index contributed by atoms with van der Waals surface area (Å²) < 4.78 is 42.2. The molecule has 0 aliphatic rings. The number of carbonyl (C=O) groups excluding carboxylic acids is 4. The van der Waals surface area contributed by atoms with Crippen molar-refractivity contribution in [1.29, 1.82) is 0 Å². The second-order valence-electron chi connectivity index (χ2n) is 8.01. The molecule has 0 aliphatic heterocycles. The Bertz CT molecular complexity index is 882. The van der Waals surface area contributed by atoms with E-state index in [0.717, 1.165) is 21.0 Å². The first-order chi connectivity index (χ1) is 15.5. The van der Waals surface area contributed by atoms with E-state index in [4.69, 9.17) is 22.7 Å². The number of nitrogens with one attached hydrogen (secondary N) is 1. The summed E-state index contributed by atoms with van der Waals surface area (Å²) in [6, 6.07) is 0. The number of ether oxygens (including phenoxy) is 2. The number of esters is 1. The van der Waals surface area contributed by atoms with E-state index < -0.39 is 68.2 Å². The number of aliphatic carboxylic acids is 1. The maximum Gasteiger partial charge on any atom is 1.00 e. The first kappa shape index (κ1) is 36.2. The number of hydrogen-bond acceptors (Lipinski definition) is 11. The monoisotopic (exact) mass is 566 g/mol. The smallest absolute Gasteiger partial charge is 0.549 e. The van der Waals surface area contributed by atoms with Crippen LogP contribution in [0.1, 0.15) is 47.0 Å². The Morgan fingerprint density at radius 1 is 1.17 bits per heavy atom. The van der Waals surface area contributed by atoms with E-state index in [1.54, 1.807) is 6.92 Å². The molecule has 4 N–H and O–H groups in total. The van der Waals surface area contributed by atoms with Crippen LogP contribution in [-0.4, -0.2) is 64.9 Å². The van der Waals surface area contributed by atoms with Crippen molar-refractivity contribution in [1.82, 2.24) is 5.32 Å². The molecule has 0 aromatic carbocycles. The Balaban J connectivity index is 0. The average molecular weight is 567 g/mol. The molecule has 12 nitrogen and oxygen atoms in total. The maximum absolute atomic E-state index is 13.0. The second kappa shape index (κ2) is 16.0. The van der Waals surface area contributed by atoms with Gasteiger partial charge in [-0.3, -0.25) is 18.9 Å². The fraction of sp³-hybridized carbons (Fsp3) is 0.737. The molecule has 0 saturated heterocycles. The zero-order chi connectivity index (χ0) is 26.9. The number of carboxylic acid groups (broad SMARTS) is 1. The number of nitrogens with two attached hydrogens (primary N) is 1. The molecule has 0 fully saturated rings. The Morgan fingerprint density at radius 2 is 1.71 bits per heavy atom. The van der Waals surface area contributed by atoms with Crippen LogP contribution in [0.2, 0.25) is 0 Å². The topological polar surface area (TPSA) is 202 Å². The van der Waals surface area contributed by atoms with Crippen LogP contribution in [0.5, 0.6) is 0 Å². The van der Waals surface area contributed by atoms with Gasteiger partial charge in [-0.1, -0.05) is 18.7 Å². The predicted octanol–water partition coefficient (Wildman–Crippen LogP) is -3.40. The molecule has 0 saturated carbocycles. The van der Waals surface area contributed by atoms with Crippen LogP contribution in [0.25, 0.3) is 0 Å². The second-order valence-corrected chi connectivity index (χ2v) is 11.8. The third kappa shape index (κ3) is 12.7. The number of primary amides is 1. The van der Waals surface area contributed by atoms with Gasteiger partial charge >= 0.3 is 35.5 Å². The number of hydrogen-bond donors (Lipinski definition) is 3. The molecule has 0 radical (unpaired) electrons. The van der Waals surface area contributed by atoms with Gasteiger partial charge in [0, 0.05) is 11.8 Å². The summed E-state index contributed by atoms with van der Waals surface area (Å²) in [4.78, 5) is 46.4. The molecule has 0 aromatic rings. The molecular formula is C19H31N2NaO10S3. The number of rotatable bonds is 14. The van der Waals surface area contributed by atoms with E-state index in [0.29, 0.717) is 11.8 Å². The molecule has 4 unspecified atom stereocenters. The summed E-state index contributed by atoms with van der Waals surface area (Å²) in [6.45, 7) is 5.34. The van der Waals surface area contributed by atoms with Crippen molar-refractivity contribution < 1.29 is 76.3 Å². The molecule has 0 aliphatic carbocycles. The number of thioether (sulfide) groups is 1. The van der Waals surface area contributed by atoms with Crippen LogP contribution in [0.15, 0.2) is 0 Å². The summed E-state index contributed by atoms with van der Waals surface area (Å²) in [6.07, 6.45) is -0.867. The van der Waals surface area contributed by atoms with Gasteiger partial charge < -0.3 is 30.4 Å². The largest absolute Gasteiger partial charge is 1.00 e. The third-order valence-corrected chi connectivity index (χ3v) is 7.69. The Labute approximate surface area is 236 Å². The van der Waals surface area contributed by atoms with E-state index in [1.165, 1.54) is 6.92 Å². The minimum atomic E-state index is -4.74. The molecule has 4 atom stereocenters. The van der Waals surface area contributed by atoms with Crippen LogP contribution in [-0.2, 0) is 38.8 Å². The van der Waals surface area contributed by atoms with Gasteiger partial charge in [0.1, 0.15) is 0 Å². The van der Waals surface area contributed by atoms with Gasteiger partial charge in [0.15, 0.2) is 4.87 Å². The number of thiocarbonyl (C=S) groups is 1.